The van der Waals surface area contributed by atoms with Gasteiger partial charge in [0, 0.05) is 36.8 Å². The summed E-state index contributed by atoms with van der Waals surface area (Å²) in [6, 6.07) is 9.56. The molecule has 0 spiro atoms. The number of carbonyl (C=O) groups is 2. The van der Waals surface area contributed by atoms with E-state index in [-0.39, 0.29) is 29.6 Å². The maximum Gasteiger partial charge on any atom is 0.253 e. The van der Waals surface area contributed by atoms with E-state index in [4.69, 9.17) is 0 Å². The zero-order chi connectivity index (χ0) is 20.6. The lowest BCUT2D eigenvalue weighted by atomic mass is 9.85. The van der Waals surface area contributed by atoms with Crippen molar-refractivity contribution in [3.63, 3.8) is 0 Å². The van der Waals surface area contributed by atoms with E-state index in [2.05, 4.69) is 20.9 Å². The van der Waals surface area contributed by atoms with E-state index in [0.29, 0.717) is 29.8 Å². The Labute approximate surface area is 170 Å². The Balaban J connectivity index is 1.56. The smallest absolute Gasteiger partial charge is 0.253 e. The average Bonchev–Trinajstić information content (AvgIpc) is 2.74. The minimum absolute atomic E-state index is 0.0285. The molecule has 3 N–H and O–H groups in total. The molecule has 1 aromatic heterocycles. The fourth-order valence-electron chi connectivity index (χ4n) is 3.63. The second-order valence-electron chi connectivity index (χ2n) is 7.37. The molecule has 3 rings (SSSR count). The minimum Gasteiger partial charge on any atom is -0.355 e. The number of hydrogen-bond donors (Lipinski definition) is 3. The molecule has 154 valence electrons. The van der Waals surface area contributed by atoms with E-state index in [1.807, 2.05) is 7.05 Å². The zero-order valence-corrected chi connectivity index (χ0v) is 16.6. The molecule has 2 aromatic rings. The number of nitrogens with one attached hydrogen (secondary N) is 3. The third-order valence-electron chi connectivity index (χ3n) is 5.20. The Morgan fingerprint density at radius 3 is 2.76 bits per heavy atom. The van der Waals surface area contributed by atoms with Crippen LogP contribution in [0.1, 0.15) is 36.0 Å². The van der Waals surface area contributed by atoms with Crippen LogP contribution in [0.4, 0.5) is 4.39 Å². The highest BCUT2D eigenvalue weighted by Crippen LogP contribution is 2.25. The Morgan fingerprint density at radius 2 is 2.03 bits per heavy atom. The predicted molar refractivity (Wildman–Crippen MR) is 110 cm³/mol. The Morgan fingerprint density at radius 1 is 1.17 bits per heavy atom. The molecule has 0 radical (unpaired) electrons. The second-order valence-corrected chi connectivity index (χ2v) is 7.37. The van der Waals surface area contributed by atoms with Gasteiger partial charge in [0.15, 0.2) is 0 Å². The molecule has 0 unspecified atom stereocenters. The van der Waals surface area contributed by atoms with E-state index in [9.17, 15) is 14.0 Å². The van der Waals surface area contributed by atoms with Crippen LogP contribution in [0.25, 0.3) is 11.3 Å². The van der Waals surface area contributed by atoms with Crippen molar-refractivity contribution in [1.82, 2.24) is 20.9 Å². The van der Waals surface area contributed by atoms with Crippen molar-refractivity contribution in [3.05, 3.63) is 54.0 Å². The molecule has 1 aliphatic rings. The highest BCUT2D eigenvalue weighted by atomic mass is 19.1. The van der Waals surface area contributed by atoms with Crippen molar-refractivity contribution >= 4 is 11.8 Å². The second kappa shape index (κ2) is 10.1. The van der Waals surface area contributed by atoms with Gasteiger partial charge in [-0.2, -0.15) is 0 Å². The summed E-state index contributed by atoms with van der Waals surface area (Å²) in [5.41, 5.74) is 1.72. The third-order valence-corrected chi connectivity index (χ3v) is 5.20. The van der Waals surface area contributed by atoms with Crippen molar-refractivity contribution in [2.75, 3.05) is 20.1 Å². The number of likely N-dealkylation sites (N-methyl/N-ethyl adjacent to an activating group) is 1. The van der Waals surface area contributed by atoms with Crippen LogP contribution in [-0.2, 0) is 4.79 Å². The van der Waals surface area contributed by atoms with Crippen molar-refractivity contribution in [1.29, 1.82) is 0 Å². The lowest BCUT2D eigenvalue weighted by molar-refractivity contribution is -0.126. The summed E-state index contributed by atoms with van der Waals surface area (Å²) in [6.45, 7) is 1.34. The summed E-state index contributed by atoms with van der Waals surface area (Å²) < 4.78 is 13.4. The summed E-state index contributed by atoms with van der Waals surface area (Å²) in [4.78, 5) is 29.2. The van der Waals surface area contributed by atoms with E-state index in [1.54, 1.807) is 24.3 Å². The number of benzene rings is 1. The van der Waals surface area contributed by atoms with Crippen LogP contribution in [-0.4, -0.2) is 43.0 Å². The van der Waals surface area contributed by atoms with E-state index in [0.717, 1.165) is 25.8 Å². The average molecular weight is 398 g/mol. The van der Waals surface area contributed by atoms with Crippen LogP contribution in [0.2, 0.25) is 0 Å². The van der Waals surface area contributed by atoms with Gasteiger partial charge in [0.25, 0.3) is 5.91 Å². The topological polar surface area (TPSA) is 83.1 Å². The first-order valence-corrected chi connectivity index (χ1v) is 10.0. The highest BCUT2D eigenvalue weighted by Gasteiger charge is 2.28. The number of rotatable bonds is 7. The fraction of sp³-hybridized carbons (Fsp3) is 0.409. The van der Waals surface area contributed by atoms with Gasteiger partial charge in [-0.05, 0) is 50.6 Å². The van der Waals surface area contributed by atoms with Crippen LogP contribution < -0.4 is 16.0 Å². The lowest BCUT2D eigenvalue weighted by Gasteiger charge is -2.29. The lowest BCUT2D eigenvalue weighted by Crippen LogP contribution is -2.43. The first kappa shape index (κ1) is 20.9. The first-order valence-electron chi connectivity index (χ1n) is 10.0. The summed E-state index contributed by atoms with van der Waals surface area (Å²) >= 11 is 0. The highest BCUT2D eigenvalue weighted by molar-refractivity contribution is 5.94. The number of amides is 2. The number of carbonyl (C=O) groups excluding carboxylic acids is 2. The maximum absolute atomic E-state index is 13.4. The summed E-state index contributed by atoms with van der Waals surface area (Å²) in [7, 11) is 1.85. The molecule has 0 aliphatic heterocycles. The molecule has 1 saturated carbocycles. The summed E-state index contributed by atoms with van der Waals surface area (Å²) in [5, 5.41) is 8.96. The molecule has 1 heterocycles. The number of pyridine rings is 1. The van der Waals surface area contributed by atoms with Gasteiger partial charge in [-0.25, -0.2) is 4.39 Å². The van der Waals surface area contributed by atoms with Gasteiger partial charge in [0.1, 0.15) is 5.82 Å². The summed E-state index contributed by atoms with van der Waals surface area (Å²) in [5.74, 6) is -0.544. The number of hydrogen-bond acceptors (Lipinski definition) is 4. The normalized spacial score (nSPS) is 18.8. The van der Waals surface area contributed by atoms with Gasteiger partial charge < -0.3 is 16.0 Å². The molecular weight excluding hydrogens is 371 g/mol. The van der Waals surface area contributed by atoms with Crippen LogP contribution >= 0.6 is 0 Å². The van der Waals surface area contributed by atoms with Gasteiger partial charge in [0.2, 0.25) is 5.91 Å². The molecular formula is C22H27FN4O2. The van der Waals surface area contributed by atoms with E-state index < -0.39 is 0 Å². The largest absolute Gasteiger partial charge is 0.355 e. The van der Waals surface area contributed by atoms with Crippen LogP contribution in [0.3, 0.4) is 0 Å². The molecule has 7 heteroatoms. The van der Waals surface area contributed by atoms with Crippen LogP contribution in [0.15, 0.2) is 42.6 Å². The van der Waals surface area contributed by atoms with Crippen molar-refractivity contribution in [3.8, 4) is 11.3 Å². The molecule has 6 nitrogen and oxygen atoms in total. The molecule has 0 saturated heterocycles. The van der Waals surface area contributed by atoms with Crippen molar-refractivity contribution < 1.29 is 14.0 Å². The monoisotopic (exact) mass is 398 g/mol. The zero-order valence-electron chi connectivity index (χ0n) is 16.6. The number of halogens is 1. The SMILES string of the molecule is CNCCNC(=O)[C@H]1CCC[C@@H](NC(=O)c2ccc(-c3cccc(F)c3)nc2)C1. The van der Waals surface area contributed by atoms with Gasteiger partial charge in [-0.1, -0.05) is 18.6 Å². The van der Waals surface area contributed by atoms with Gasteiger partial charge in [-0.15, -0.1) is 0 Å². The van der Waals surface area contributed by atoms with Crippen molar-refractivity contribution in [2.45, 2.75) is 31.7 Å². The molecule has 29 heavy (non-hydrogen) atoms. The molecule has 2 atom stereocenters. The quantitative estimate of drug-likeness (QED) is 0.626. The third kappa shape index (κ3) is 5.84. The maximum atomic E-state index is 13.4. The Kier molecular flexibility index (Phi) is 7.30. The molecule has 0 bridgehead atoms. The van der Waals surface area contributed by atoms with Crippen LogP contribution in [0, 0.1) is 11.7 Å². The first-order chi connectivity index (χ1) is 14.1. The Bertz CT molecular complexity index is 841. The predicted octanol–water partition coefficient (Wildman–Crippen LogP) is 2.51. The van der Waals surface area contributed by atoms with Gasteiger partial charge in [0.05, 0.1) is 11.3 Å². The standard InChI is InChI=1S/C22H27FN4O2/c1-24-10-11-25-21(28)16-5-3-7-19(13-16)27-22(29)17-8-9-20(26-14-17)15-4-2-6-18(23)12-15/h2,4,6,8-9,12,14,16,19,24H,3,5,7,10-11,13H2,1H3,(H,25,28)(H,27,29)/t16-,19+/m0/s1. The van der Waals surface area contributed by atoms with Gasteiger partial charge >= 0.3 is 0 Å². The molecule has 1 aliphatic carbocycles. The molecule has 2 amide bonds. The molecule has 1 aromatic carbocycles. The number of aromatic nitrogens is 1. The molecule has 1 fully saturated rings. The van der Waals surface area contributed by atoms with Crippen LogP contribution in [0.5, 0.6) is 0 Å². The Hall–Kier alpha value is -2.80. The fourth-order valence-corrected chi connectivity index (χ4v) is 3.63. The minimum atomic E-state index is -0.326. The van der Waals surface area contributed by atoms with Crippen molar-refractivity contribution in [2.24, 2.45) is 5.92 Å². The van der Waals surface area contributed by atoms with E-state index in [1.165, 1.54) is 18.3 Å². The number of nitrogens with zero attached hydrogens (tertiary/aromatic N) is 1. The van der Waals surface area contributed by atoms with E-state index >= 15 is 0 Å². The van der Waals surface area contributed by atoms with Gasteiger partial charge in [-0.3, -0.25) is 14.6 Å². The summed E-state index contributed by atoms with van der Waals surface area (Å²) in [6.07, 6.45) is 4.76.